The predicted molar refractivity (Wildman–Crippen MR) is 77.3 cm³/mol. The van der Waals surface area contributed by atoms with Crippen LogP contribution in [0.4, 0.5) is 0 Å². The van der Waals surface area contributed by atoms with Crippen molar-refractivity contribution in [2.24, 2.45) is 0 Å². The Morgan fingerprint density at radius 1 is 1.30 bits per heavy atom. The van der Waals surface area contributed by atoms with E-state index in [1.165, 1.54) is 6.07 Å². The standard InChI is InChI=1S/C15H23NO4/c1-3-15(19,4-2)11-16-9-10-20-13-8-6-5-7-12(13)14(17)18/h5-8,16,19H,3-4,9-11H2,1-2H3,(H,17,18). The molecular formula is C15H23NO4. The van der Waals surface area contributed by atoms with Gasteiger partial charge in [-0.3, -0.25) is 0 Å². The molecule has 0 radical (unpaired) electrons. The first-order valence-corrected chi connectivity index (χ1v) is 6.90. The Labute approximate surface area is 119 Å². The Kier molecular flexibility index (Phi) is 6.48. The first kappa shape index (κ1) is 16.5. The maximum absolute atomic E-state index is 11.0. The van der Waals surface area contributed by atoms with Crippen LogP contribution < -0.4 is 10.1 Å². The summed E-state index contributed by atoms with van der Waals surface area (Å²) in [5.74, 6) is -0.636. The summed E-state index contributed by atoms with van der Waals surface area (Å²) in [5.41, 5.74) is -0.523. The van der Waals surface area contributed by atoms with Gasteiger partial charge < -0.3 is 20.3 Å². The quantitative estimate of drug-likeness (QED) is 0.603. The first-order chi connectivity index (χ1) is 9.52. The van der Waals surface area contributed by atoms with E-state index < -0.39 is 11.6 Å². The number of carbonyl (C=O) groups is 1. The number of ether oxygens (including phenoxy) is 1. The lowest BCUT2D eigenvalue weighted by molar-refractivity contribution is 0.0320. The average Bonchev–Trinajstić information content (AvgIpc) is 2.47. The summed E-state index contributed by atoms with van der Waals surface area (Å²) in [7, 11) is 0. The second-order valence-corrected chi connectivity index (χ2v) is 4.76. The first-order valence-electron chi connectivity index (χ1n) is 6.90. The van der Waals surface area contributed by atoms with Gasteiger partial charge in [-0.25, -0.2) is 4.79 Å². The van der Waals surface area contributed by atoms with Gasteiger partial charge in [-0.05, 0) is 25.0 Å². The lowest BCUT2D eigenvalue weighted by Crippen LogP contribution is -2.40. The molecule has 0 fully saturated rings. The molecule has 0 atom stereocenters. The van der Waals surface area contributed by atoms with Crippen LogP contribution in [0.15, 0.2) is 24.3 Å². The largest absolute Gasteiger partial charge is 0.491 e. The van der Waals surface area contributed by atoms with Gasteiger partial charge in [0.25, 0.3) is 0 Å². The van der Waals surface area contributed by atoms with Gasteiger partial charge in [0.2, 0.25) is 0 Å². The highest BCUT2D eigenvalue weighted by Crippen LogP contribution is 2.17. The van der Waals surface area contributed by atoms with Crippen LogP contribution in [-0.2, 0) is 0 Å². The fourth-order valence-corrected chi connectivity index (χ4v) is 1.82. The Morgan fingerprint density at radius 3 is 2.55 bits per heavy atom. The zero-order chi connectivity index (χ0) is 15.0. The number of nitrogens with one attached hydrogen (secondary N) is 1. The van der Waals surface area contributed by atoms with Gasteiger partial charge in [0.1, 0.15) is 17.9 Å². The van der Waals surface area contributed by atoms with Crippen molar-refractivity contribution >= 4 is 5.97 Å². The van der Waals surface area contributed by atoms with E-state index in [9.17, 15) is 9.90 Å². The molecule has 0 saturated heterocycles. The molecule has 0 aliphatic heterocycles. The zero-order valence-electron chi connectivity index (χ0n) is 12.1. The third kappa shape index (κ3) is 4.83. The Hall–Kier alpha value is -1.59. The molecule has 20 heavy (non-hydrogen) atoms. The van der Waals surface area contributed by atoms with Crippen LogP contribution >= 0.6 is 0 Å². The van der Waals surface area contributed by atoms with Gasteiger partial charge >= 0.3 is 5.97 Å². The number of aliphatic hydroxyl groups is 1. The number of para-hydroxylation sites is 1. The summed E-state index contributed by atoms with van der Waals surface area (Å²) in [6.07, 6.45) is 1.39. The number of benzene rings is 1. The molecule has 0 bridgehead atoms. The lowest BCUT2D eigenvalue weighted by atomic mass is 9.98. The molecule has 0 spiro atoms. The summed E-state index contributed by atoms with van der Waals surface area (Å²) in [6.45, 7) is 5.31. The molecule has 0 aliphatic carbocycles. The molecular weight excluding hydrogens is 258 g/mol. The minimum Gasteiger partial charge on any atom is -0.491 e. The fraction of sp³-hybridized carbons (Fsp3) is 0.533. The molecule has 1 aromatic carbocycles. The molecule has 112 valence electrons. The summed E-state index contributed by atoms with van der Waals surface area (Å²) in [4.78, 5) is 11.0. The molecule has 0 heterocycles. The summed E-state index contributed by atoms with van der Waals surface area (Å²) >= 11 is 0. The number of carboxylic acid groups (broad SMARTS) is 1. The Bertz CT molecular complexity index is 430. The van der Waals surface area contributed by atoms with E-state index in [1.807, 2.05) is 13.8 Å². The van der Waals surface area contributed by atoms with Gasteiger partial charge in [-0.15, -0.1) is 0 Å². The van der Waals surface area contributed by atoms with Gasteiger partial charge in [0.05, 0.1) is 5.60 Å². The summed E-state index contributed by atoms with van der Waals surface area (Å²) in [6, 6.07) is 6.55. The maximum Gasteiger partial charge on any atom is 0.339 e. The Balaban J connectivity index is 2.37. The van der Waals surface area contributed by atoms with Crippen LogP contribution in [0.1, 0.15) is 37.0 Å². The third-order valence-corrected chi connectivity index (χ3v) is 3.42. The lowest BCUT2D eigenvalue weighted by Gasteiger charge is -2.25. The van der Waals surface area contributed by atoms with E-state index in [1.54, 1.807) is 18.2 Å². The number of carboxylic acids is 1. The van der Waals surface area contributed by atoms with Crippen molar-refractivity contribution < 1.29 is 19.7 Å². The van der Waals surface area contributed by atoms with Crippen molar-refractivity contribution in [3.05, 3.63) is 29.8 Å². The second kappa shape index (κ2) is 7.87. The Morgan fingerprint density at radius 2 is 1.95 bits per heavy atom. The van der Waals surface area contributed by atoms with E-state index in [2.05, 4.69) is 5.32 Å². The van der Waals surface area contributed by atoms with Gasteiger partial charge in [-0.2, -0.15) is 0 Å². The van der Waals surface area contributed by atoms with Crippen molar-refractivity contribution in [2.45, 2.75) is 32.3 Å². The molecule has 0 amide bonds. The van der Waals surface area contributed by atoms with Crippen molar-refractivity contribution in [3.63, 3.8) is 0 Å². The van der Waals surface area contributed by atoms with Crippen molar-refractivity contribution in [3.8, 4) is 5.75 Å². The van der Waals surface area contributed by atoms with Crippen molar-refractivity contribution in [2.75, 3.05) is 19.7 Å². The minimum absolute atomic E-state index is 0.158. The summed E-state index contributed by atoms with van der Waals surface area (Å²) < 4.78 is 5.46. The minimum atomic E-state index is -1.00. The van der Waals surface area contributed by atoms with Crippen LogP contribution in [0.25, 0.3) is 0 Å². The third-order valence-electron chi connectivity index (χ3n) is 3.42. The van der Waals surface area contributed by atoms with Crippen molar-refractivity contribution in [1.29, 1.82) is 0 Å². The molecule has 3 N–H and O–H groups in total. The SMILES string of the molecule is CCC(O)(CC)CNCCOc1ccccc1C(=O)O. The molecule has 5 nitrogen and oxygen atoms in total. The second-order valence-electron chi connectivity index (χ2n) is 4.76. The predicted octanol–water partition coefficient (Wildman–Crippen LogP) is 1.90. The number of rotatable bonds is 9. The number of hydrogen-bond donors (Lipinski definition) is 3. The zero-order valence-corrected chi connectivity index (χ0v) is 12.1. The van der Waals surface area contributed by atoms with Crippen molar-refractivity contribution in [1.82, 2.24) is 5.32 Å². The highest BCUT2D eigenvalue weighted by Gasteiger charge is 2.21. The van der Waals surface area contributed by atoms with E-state index in [0.717, 1.165) is 0 Å². The van der Waals surface area contributed by atoms with Crippen LogP contribution in [0.2, 0.25) is 0 Å². The molecule has 0 saturated carbocycles. The van der Waals surface area contributed by atoms with E-state index >= 15 is 0 Å². The van der Waals surface area contributed by atoms with Crippen LogP contribution in [-0.4, -0.2) is 41.5 Å². The molecule has 0 aliphatic rings. The fourth-order valence-electron chi connectivity index (χ4n) is 1.82. The van der Waals surface area contributed by atoms with E-state index in [4.69, 9.17) is 9.84 Å². The molecule has 0 aromatic heterocycles. The monoisotopic (exact) mass is 281 g/mol. The van der Waals surface area contributed by atoms with Gasteiger partial charge in [0.15, 0.2) is 0 Å². The normalized spacial score (nSPS) is 11.3. The van der Waals surface area contributed by atoms with Crippen LogP contribution in [0.5, 0.6) is 5.75 Å². The molecule has 0 unspecified atom stereocenters. The van der Waals surface area contributed by atoms with Crippen LogP contribution in [0.3, 0.4) is 0 Å². The molecule has 1 aromatic rings. The average molecular weight is 281 g/mol. The number of aromatic carboxylic acids is 1. The van der Waals surface area contributed by atoms with Gasteiger partial charge in [0, 0.05) is 13.1 Å². The highest BCUT2D eigenvalue weighted by atomic mass is 16.5. The number of hydrogen-bond acceptors (Lipinski definition) is 4. The van der Waals surface area contributed by atoms with E-state index in [-0.39, 0.29) is 5.56 Å². The molecule has 5 heteroatoms. The smallest absolute Gasteiger partial charge is 0.339 e. The van der Waals surface area contributed by atoms with E-state index in [0.29, 0.717) is 38.3 Å². The topological polar surface area (TPSA) is 78.8 Å². The summed E-state index contributed by atoms with van der Waals surface area (Å²) in [5, 5.41) is 22.2. The molecule has 1 rings (SSSR count). The maximum atomic E-state index is 11.0. The van der Waals surface area contributed by atoms with Crippen LogP contribution in [0, 0.1) is 0 Å². The van der Waals surface area contributed by atoms with Gasteiger partial charge in [-0.1, -0.05) is 26.0 Å². The highest BCUT2D eigenvalue weighted by molar-refractivity contribution is 5.90.